The van der Waals surface area contributed by atoms with Crippen molar-refractivity contribution in [3.8, 4) is 0 Å². The molecule has 2 unspecified atom stereocenters. The molecule has 2 rings (SSSR count). The minimum absolute atomic E-state index is 0.134. The van der Waals surface area contributed by atoms with Gasteiger partial charge in [0.15, 0.2) is 6.10 Å². The zero-order chi connectivity index (χ0) is 17.4. The predicted molar refractivity (Wildman–Crippen MR) is 77.1 cm³/mol. The highest BCUT2D eigenvalue weighted by Crippen LogP contribution is 2.42. The summed E-state index contributed by atoms with van der Waals surface area (Å²) < 4.78 is 38.6. The van der Waals surface area contributed by atoms with Crippen molar-refractivity contribution in [1.82, 2.24) is 9.55 Å². The molecule has 11 heteroatoms. The highest BCUT2D eigenvalue weighted by molar-refractivity contribution is 9.10. The predicted octanol–water partition coefficient (Wildman–Crippen LogP) is 0.0457. The maximum atomic E-state index is 14.2. The molecule has 1 fully saturated rings. The zero-order valence-electron chi connectivity index (χ0n) is 11.9. The number of aromatic nitrogens is 2. The largest absolute Gasteiger partial charge is 0.462 e. The molecule has 1 aliphatic rings. The molecule has 1 aromatic rings. The van der Waals surface area contributed by atoms with Crippen LogP contribution in [0.4, 0.5) is 14.6 Å². The van der Waals surface area contributed by atoms with Gasteiger partial charge in [-0.2, -0.15) is 13.8 Å². The molecule has 0 bridgehead atoms. The maximum absolute atomic E-state index is 14.2. The first-order valence-electron chi connectivity index (χ1n) is 6.51. The number of aliphatic hydroxyl groups excluding tert-OH is 1. The first-order chi connectivity index (χ1) is 10.6. The van der Waals surface area contributed by atoms with E-state index in [1.165, 1.54) is 6.92 Å². The lowest BCUT2D eigenvalue weighted by atomic mass is 10.1. The third-order valence-corrected chi connectivity index (χ3v) is 3.57. The van der Waals surface area contributed by atoms with Gasteiger partial charge < -0.3 is 20.3 Å². The van der Waals surface area contributed by atoms with Gasteiger partial charge >= 0.3 is 17.6 Å². The van der Waals surface area contributed by atoms with Crippen LogP contribution in [0.2, 0.25) is 0 Å². The lowest BCUT2D eigenvalue weighted by Gasteiger charge is -2.20. The average molecular weight is 398 g/mol. The van der Waals surface area contributed by atoms with Crippen molar-refractivity contribution in [2.45, 2.75) is 36.1 Å². The zero-order valence-corrected chi connectivity index (χ0v) is 13.4. The van der Waals surface area contributed by atoms with E-state index in [1.54, 1.807) is 0 Å². The molecule has 128 valence electrons. The topological polar surface area (TPSA) is 117 Å². The van der Waals surface area contributed by atoms with Gasteiger partial charge in [0.05, 0.1) is 0 Å². The van der Waals surface area contributed by atoms with Crippen LogP contribution in [0.15, 0.2) is 17.1 Å². The van der Waals surface area contributed by atoms with E-state index in [4.69, 9.17) is 15.2 Å². The Balaban J connectivity index is 2.19. The van der Waals surface area contributed by atoms with E-state index in [0.717, 1.165) is 12.3 Å². The SMILES string of the molecule is CC(Br)C(=O)OC[C@H]1O[C@@H](n2ccc(N)nc2=O)C(F)(F)C1O. The van der Waals surface area contributed by atoms with Crippen LogP contribution in [0.25, 0.3) is 0 Å². The molecule has 0 saturated carbocycles. The van der Waals surface area contributed by atoms with Crippen LogP contribution >= 0.6 is 15.9 Å². The van der Waals surface area contributed by atoms with E-state index in [2.05, 4.69) is 20.9 Å². The third kappa shape index (κ3) is 3.51. The van der Waals surface area contributed by atoms with Crippen molar-refractivity contribution >= 4 is 27.7 Å². The number of nitrogen functional groups attached to an aromatic ring is 1. The highest BCUT2D eigenvalue weighted by atomic mass is 79.9. The van der Waals surface area contributed by atoms with E-state index in [0.29, 0.717) is 4.57 Å². The maximum Gasteiger partial charge on any atom is 0.351 e. The summed E-state index contributed by atoms with van der Waals surface area (Å²) in [7, 11) is 0. The van der Waals surface area contributed by atoms with Crippen LogP contribution in [0.5, 0.6) is 0 Å². The number of ether oxygens (including phenoxy) is 2. The fraction of sp³-hybridized carbons (Fsp3) is 0.583. The number of aliphatic hydroxyl groups is 1. The molecule has 0 aliphatic carbocycles. The number of esters is 1. The molecule has 0 amide bonds. The molecule has 23 heavy (non-hydrogen) atoms. The number of carbonyl (C=O) groups is 1. The fourth-order valence-corrected chi connectivity index (χ4v) is 2.12. The van der Waals surface area contributed by atoms with E-state index in [9.17, 15) is 23.5 Å². The number of hydrogen-bond donors (Lipinski definition) is 2. The van der Waals surface area contributed by atoms with Crippen molar-refractivity contribution in [2.75, 3.05) is 12.3 Å². The number of alkyl halides is 3. The quantitative estimate of drug-likeness (QED) is 0.544. The summed E-state index contributed by atoms with van der Waals surface area (Å²) in [6.07, 6.45) is -4.83. The normalized spacial score (nSPS) is 27.6. The van der Waals surface area contributed by atoms with Gasteiger partial charge in [-0.1, -0.05) is 15.9 Å². The number of rotatable bonds is 4. The van der Waals surface area contributed by atoms with Crippen molar-refractivity contribution in [3.05, 3.63) is 22.7 Å². The Kier molecular flexibility index (Phi) is 5.01. The molecule has 1 aliphatic heterocycles. The summed E-state index contributed by atoms with van der Waals surface area (Å²) in [5, 5.41) is 9.71. The van der Waals surface area contributed by atoms with Crippen molar-refractivity contribution in [2.24, 2.45) is 0 Å². The van der Waals surface area contributed by atoms with Gasteiger partial charge in [0.25, 0.3) is 0 Å². The van der Waals surface area contributed by atoms with Crippen LogP contribution in [-0.2, 0) is 14.3 Å². The number of nitrogens with two attached hydrogens (primary N) is 1. The number of halogens is 3. The summed E-state index contributed by atoms with van der Waals surface area (Å²) in [6, 6.07) is 1.15. The highest BCUT2D eigenvalue weighted by Gasteiger charge is 2.60. The van der Waals surface area contributed by atoms with E-state index < -0.39 is 47.5 Å². The molecule has 1 saturated heterocycles. The first kappa shape index (κ1) is 17.8. The minimum Gasteiger partial charge on any atom is -0.462 e. The van der Waals surface area contributed by atoms with Gasteiger partial charge in [0.2, 0.25) is 6.23 Å². The minimum atomic E-state index is -3.78. The van der Waals surface area contributed by atoms with Crippen LogP contribution < -0.4 is 11.4 Å². The van der Waals surface area contributed by atoms with Crippen molar-refractivity contribution in [1.29, 1.82) is 0 Å². The lowest BCUT2D eigenvalue weighted by molar-refractivity contribution is -0.149. The molecule has 8 nitrogen and oxygen atoms in total. The lowest BCUT2D eigenvalue weighted by Crippen LogP contribution is -2.42. The van der Waals surface area contributed by atoms with E-state index >= 15 is 0 Å². The monoisotopic (exact) mass is 397 g/mol. The summed E-state index contributed by atoms with van der Waals surface area (Å²) >= 11 is 2.96. The van der Waals surface area contributed by atoms with Crippen LogP contribution in [0.3, 0.4) is 0 Å². The van der Waals surface area contributed by atoms with E-state index in [1.807, 2.05) is 0 Å². The van der Waals surface area contributed by atoms with Gasteiger partial charge in [0.1, 0.15) is 23.4 Å². The molecular formula is C12H14BrF2N3O5. The van der Waals surface area contributed by atoms with Gasteiger partial charge in [-0.15, -0.1) is 0 Å². The molecule has 4 atom stereocenters. The second kappa shape index (κ2) is 6.49. The third-order valence-electron chi connectivity index (χ3n) is 3.20. The first-order valence-corrected chi connectivity index (χ1v) is 7.43. The molecular weight excluding hydrogens is 384 g/mol. The second-order valence-electron chi connectivity index (χ2n) is 4.93. The number of nitrogens with zero attached hydrogens (tertiary/aromatic N) is 2. The van der Waals surface area contributed by atoms with Gasteiger partial charge in [-0.3, -0.25) is 9.36 Å². The molecule has 0 spiro atoms. The average Bonchev–Trinajstić information content (AvgIpc) is 2.68. The number of anilines is 1. The van der Waals surface area contributed by atoms with Crippen molar-refractivity contribution in [3.63, 3.8) is 0 Å². The summed E-state index contributed by atoms with van der Waals surface area (Å²) in [5.74, 6) is -4.61. The summed E-state index contributed by atoms with van der Waals surface area (Å²) in [6.45, 7) is 0.907. The standard InChI is InChI=1S/C12H14BrF2N3O5/c1-5(13)9(20)22-4-6-8(19)12(14,15)10(23-6)18-3-2-7(16)17-11(18)21/h2-3,5-6,8,10,19H,4H2,1H3,(H2,16,17,21)/t5?,6-,8?,10-/m1/s1. The Labute approximate surface area is 137 Å². The Hall–Kier alpha value is -1.59. The Morgan fingerprint density at radius 1 is 1.70 bits per heavy atom. The van der Waals surface area contributed by atoms with Crippen LogP contribution in [-0.4, -0.2) is 50.2 Å². The van der Waals surface area contributed by atoms with Crippen LogP contribution in [0, 0.1) is 0 Å². The molecule has 1 aromatic heterocycles. The number of carbonyl (C=O) groups excluding carboxylic acids is 1. The Morgan fingerprint density at radius 3 is 2.91 bits per heavy atom. The van der Waals surface area contributed by atoms with Gasteiger partial charge in [0, 0.05) is 6.20 Å². The summed E-state index contributed by atoms with van der Waals surface area (Å²) in [5.41, 5.74) is 4.25. The molecule has 3 N–H and O–H groups in total. The Bertz CT molecular complexity index is 654. The van der Waals surface area contributed by atoms with E-state index in [-0.39, 0.29) is 5.82 Å². The van der Waals surface area contributed by atoms with Crippen LogP contribution in [0.1, 0.15) is 13.2 Å². The van der Waals surface area contributed by atoms with Gasteiger partial charge in [-0.25, -0.2) is 4.79 Å². The summed E-state index contributed by atoms with van der Waals surface area (Å²) in [4.78, 5) is 25.7. The Morgan fingerprint density at radius 2 is 2.35 bits per heavy atom. The molecule has 0 aromatic carbocycles. The van der Waals surface area contributed by atoms with Crippen molar-refractivity contribution < 1.29 is 28.2 Å². The number of hydrogen-bond acceptors (Lipinski definition) is 7. The molecule has 2 heterocycles. The van der Waals surface area contributed by atoms with Gasteiger partial charge in [-0.05, 0) is 13.0 Å². The second-order valence-corrected chi connectivity index (χ2v) is 6.31. The smallest absolute Gasteiger partial charge is 0.351 e. The molecule has 0 radical (unpaired) electrons. The fourth-order valence-electron chi connectivity index (χ4n) is 1.99.